The number of carbonyl (C=O) groups excluding carboxylic acids is 2. The van der Waals surface area contributed by atoms with Crippen molar-refractivity contribution in [3.8, 4) is 11.5 Å². The largest absolute Gasteiger partial charge is 0.411 e. The molecule has 4 rings (SSSR count). The van der Waals surface area contributed by atoms with Gasteiger partial charge in [0, 0.05) is 61.7 Å². The number of rotatable bonds is 8. The SMILES string of the molecule is CCC(=O)N1CCN(c2ccc(NC(=O)CSc3nnc(-c4cccc([N+](=O)[O-])c4)o3)cc2)CC1. The number of piperazine rings is 1. The molecule has 0 radical (unpaired) electrons. The van der Waals surface area contributed by atoms with Crippen LogP contribution < -0.4 is 10.2 Å². The number of non-ortho nitro benzene ring substituents is 1. The molecule has 2 amide bonds. The number of benzene rings is 2. The van der Waals surface area contributed by atoms with Crippen LogP contribution in [0.25, 0.3) is 11.5 Å². The number of nitrogens with zero attached hydrogens (tertiary/aromatic N) is 5. The number of nitro benzene ring substituents is 1. The summed E-state index contributed by atoms with van der Waals surface area (Å²) >= 11 is 1.08. The van der Waals surface area contributed by atoms with Crippen LogP contribution in [0, 0.1) is 10.1 Å². The molecular weight excluding hydrogens is 472 g/mol. The van der Waals surface area contributed by atoms with Crippen molar-refractivity contribution in [2.24, 2.45) is 0 Å². The lowest BCUT2D eigenvalue weighted by Gasteiger charge is -2.36. The molecule has 0 unspecified atom stereocenters. The predicted molar refractivity (Wildman–Crippen MR) is 131 cm³/mol. The van der Waals surface area contributed by atoms with E-state index in [0.717, 1.165) is 30.5 Å². The number of aromatic nitrogens is 2. The minimum Gasteiger partial charge on any atom is -0.411 e. The first kappa shape index (κ1) is 24.2. The number of carbonyl (C=O) groups is 2. The Morgan fingerprint density at radius 3 is 2.54 bits per heavy atom. The second-order valence-electron chi connectivity index (χ2n) is 7.79. The topological polar surface area (TPSA) is 135 Å². The van der Waals surface area contributed by atoms with E-state index in [1.165, 1.54) is 18.2 Å². The van der Waals surface area contributed by atoms with Crippen LogP contribution in [-0.4, -0.2) is 63.8 Å². The van der Waals surface area contributed by atoms with Crippen LogP contribution in [0.4, 0.5) is 17.1 Å². The van der Waals surface area contributed by atoms with Crippen LogP contribution in [0.15, 0.2) is 58.2 Å². The highest BCUT2D eigenvalue weighted by molar-refractivity contribution is 7.99. The molecule has 3 aromatic rings. The van der Waals surface area contributed by atoms with E-state index >= 15 is 0 Å². The molecule has 1 aliphatic rings. The predicted octanol–water partition coefficient (Wildman–Crippen LogP) is 3.43. The fourth-order valence-electron chi connectivity index (χ4n) is 3.65. The Hall–Kier alpha value is -3.93. The lowest BCUT2D eigenvalue weighted by Crippen LogP contribution is -2.48. The first-order valence-electron chi connectivity index (χ1n) is 11.1. The Morgan fingerprint density at radius 1 is 1.11 bits per heavy atom. The van der Waals surface area contributed by atoms with Gasteiger partial charge in [0.05, 0.1) is 10.7 Å². The summed E-state index contributed by atoms with van der Waals surface area (Å²) in [5, 5.41) is 21.8. The smallest absolute Gasteiger partial charge is 0.277 e. The molecule has 0 aliphatic carbocycles. The van der Waals surface area contributed by atoms with Crippen molar-refractivity contribution >= 4 is 40.6 Å². The summed E-state index contributed by atoms with van der Waals surface area (Å²) in [6, 6.07) is 13.5. The molecule has 1 aromatic heterocycles. The zero-order valence-corrected chi connectivity index (χ0v) is 19.9. The minimum absolute atomic E-state index is 0.0612. The first-order valence-corrected chi connectivity index (χ1v) is 12.0. The van der Waals surface area contributed by atoms with E-state index in [1.807, 2.05) is 36.1 Å². The number of anilines is 2. The molecule has 1 aliphatic heterocycles. The lowest BCUT2D eigenvalue weighted by molar-refractivity contribution is -0.384. The number of hydrogen-bond acceptors (Lipinski definition) is 9. The summed E-state index contributed by atoms with van der Waals surface area (Å²) in [5.74, 6) is 0.157. The number of hydrogen-bond donors (Lipinski definition) is 1. The third-order valence-corrected chi connectivity index (χ3v) is 6.31. The van der Waals surface area contributed by atoms with Gasteiger partial charge in [-0.15, -0.1) is 10.2 Å². The Labute approximate surface area is 205 Å². The van der Waals surface area contributed by atoms with Crippen LogP contribution in [0.3, 0.4) is 0 Å². The van der Waals surface area contributed by atoms with Crippen LogP contribution in [-0.2, 0) is 9.59 Å². The summed E-state index contributed by atoms with van der Waals surface area (Å²) in [6.07, 6.45) is 0.526. The molecule has 1 saturated heterocycles. The third-order valence-electron chi connectivity index (χ3n) is 5.49. The van der Waals surface area contributed by atoms with Gasteiger partial charge < -0.3 is 19.5 Å². The molecule has 0 spiro atoms. The third kappa shape index (κ3) is 6.15. The monoisotopic (exact) mass is 496 g/mol. The van der Waals surface area contributed by atoms with Crippen LogP contribution in [0.1, 0.15) is 13.3 Å². The lowest BCUT2D eigenvalue weighted by atomic mass is 10.2. The van der Waals surface area contributed by atoms with Gasteiger partial charge in [-0.2, -0.15) is 0 Å². The van der Waals surface area contributed by atoms with Gasteiger partial charge in [-0.25, -0.2) is 0 Å². The maximum Gasteiger partial charge on any atom is 0.277 e. The van der Waals surface area contributed by atoms with Crippen molar-refractivity contribution in [1.29, 1.82) is 0 Å². The van der Waals surface area contributed by atoms with Crippen molar-refractivity contribution in [3.05, 3.63) is 58.6 Å². The zero-order chi connectivity index (χ0) is 24.8. The van der Waals surface area contributed by atoms with Gasteiger partial charge in [-0.05, 0) is 30.3 Å². The standard InChI is InChI=1S/C23H24N6O5S/c1-2-21(31)28-12-10-27(11-13-28)18-8-6-17(7-9-18)24-20(30)15-35-23-26-25-22(34-23)16-4-3-5-19(14-16)29(32)33/h3-9,14H,2,10-13,15H2,1H3,(H,24,30). The van der Waals surface area contributed by atoms with Gasteiger partial charge in [0.25, 0.3) is 10.9 Å². The van der Waals surface area contributed by atoms with Gasteiger partial charge in [0.1, 0.15) is 0 Å². The molecule has 0 bridgehead atoms. The second-order valence-corrected chi connectivity index (χ2v) is 8.71. The summed E-state index contributed by atoms with van der Waals surface area (Å²) in [4.78, 5) is 38.7. The van der Waals surface area contributed by atoms with E-state index in [1.54, 1.807) is 6.07 Å². The maximum absolute atomic E-state index is 12.4. The van der Waals surface area contributed by atoms with Crippen molar-refractivity contribution in [1.82, 2.24) is 15.1 Å². The maximum atomic E-state index is 12.4. The number of thioether (sulfide) groups is 1. The molecule has 2 aromatic carbocycles. The highest BCUT2D eigenvalue weighted by Gasteiger charge is 2.20. The molecular formula is C23H24N6O5S. The van der Waals surface area contributed by atoms with E-state index < -0.39 is 4.92 Å². The number of amides is 2. The van der Waals surface area contributed by atoms with Crippen LogP contribution in [0.5, 0.6) is 0 Å². The van der Waals surface area contributed by atoms with Gasteiger partial charge in [-0.1, -0.05) is 24.8 Å². The number of nitro groups is 1. The molecule has 11 nitrogen and oxygen atoms in total. The Balaban J connectivity index is 1.26. The van der Waals surface area contributed by atoms with E-state index in [4.69, 9.17) is 4.42 Å². The van der Waals surface area contributed by atoms with E-state index in [9.17, 15) is 19.7 Å². The first-order chi connectivity index (χ1) is 16.9. The molecule has 2 heterocycles. The normalized spacial score (nSPS) is 13.5. The fourth-order valence-corrected chi connectivity index (χ4v) is 4.22. The van der Waals surface area contributed by atoms with Gasteiger partial charge in [0.2, 0.25) is 17.7 Å². The minimum atomic E-state index is -0.498. The quantitative estimate of drug-likeness (QED) is 0.283. The Kier molecular flexibility index (Phi) is 7.60. The molecule has 0 atom stereocenters. The Morgan fingerprint density at radius 2 is 1.86 bits per heavy atom. The summed E-state index contributed by atoms with van der Waals surface area (Å²) in [5.41, 5.74) is 2.07. The average Bonchev–Trinajstić information content (AvgIpc) is 3.37. The Bertz CT molecular complexity index is 1210. The fraction of sp³-hybridized carbons (Fsp3) is 0.304. The van der Waals surface area contributed by atoms with E-state index in [2.05, 4.69) is 20.4 Å². The summed E-state index contributed by atoms with van der Waals surface area (Å²) in [6.45, 7) is 4.84. The highest BCUT2D eigenvalue weighted by Crippen LogP contribution is 2.26. The van der Waals surface area contributed by atoms with Crippen molar-refractivity contribution < 1.29 is 18.9 Å². The van der Waals surface area contributed by atoms with E-state index in [-0.39, 0.29) is 34.4 Å². The summed E-state index contributed by atoms with van der Waals surface area (Å²) in [7, 11) is 0. The van der Waals surface area contributed by atoms with Crippen LogP contribution in [0.2, 0.25) is 0 Å². The molecule has 1 N–H and O–H groups in total. The highest BCUT2D eigenvalue weighted by atomic mass is 32.2. The molecule has 0 saturated carbocycles. The molecule has 182 valence electrons. The van der Waals surface area contributed by atoms with E-state index in [0.29, 0.717) is 30.8 Å². The second kappa shape index (κ2) is 11.0. The van der Waals surface area contributed by atoms with Crippen molar-refractivity contribution in [3.63, 3.8) is 0 Å². The van der Waals surface area contributed by atoms with Gasteiger partial charge in [0.15, 0.2) is 0 Å². The number of nitrogens with one attached hydrogen (secondary N) is 1. The van der Waals surface area contributed by atoms with Gasteiger partial charge >= 0.3 is 0 Å². The molecule has 35 heavy (non-hydrogen) atoms. The van der Waals surface area contributed by atoms with Crippen molar-refractivity contribution in [2.45, 2.75) is 18.6 Å². The summed E-state index contributed by atoms with van der Waals surface area (Å²) < 4.78 is 5.53. The molecule has 1 fully saturated rings. The van der Waals surface area contributed by atoms with Gasteiger partial charge in [-0.3, -0.25) is 19.7 Å². The average molecular weight is 497 g/mol. The van der Waals surface area contributed by atoms with Crippen molar-refractivity contribution in [2.75, 3.05) is 42.1 Å². The molecule has 12 heteroatoms. The zero-order valence-electron chi connectivity index (χ0n) is 19.0. The van der Waals surface area contributed by atoms with Crippen LogP contribution >= 0.6 is 11.8 Å².